The first-order valence-electron chi connectivity index (χ1n) is 6.49. The minimum atomic E-state index is -0.0966. The molecule has 0 spiro atoms. The molecule has 6 heteroatoms. The lowest BCUT2D eigenvalue weighted by atomic mass is 10.3. The summed E-state index contributed by atoms with van der Waals surface area (Å²) in [6.45, 7) is 3.32. The number of aromatic amines is 1. The van der Waals surface area contributed by atoms with Crippen molar-refractivity contribution in [2.24, 2.45) is 0 Å². The van der Waals surface area contributed by atoms with E-state index in [9.17, 15) is 4.79 Å². The molecule has 3 N–H and O–H groups in total. The molecule has 1 heterocycles. The van der Waals surface area contributed by atoms with Gasteiger partial charge >= 0.3 is 0 Å². The van der Waals surface area contributed by atoms with Crippen molar-refractivity contribution >= 4 is 11.6 Å². The Morgan fingerprint density at radius 2 is 2.15 bits per heavy atom. The van der Waals surface area contributed by atoms with Crippen LogP contribution in [-0.4, -0.2) is 29.0 Å². The smallest absolute Gasteiger partial charge is 0.238 e. The second kappa shape index (κ2) is 7.30. The average molecular weight is 274 g/mol. The van der Waals surface area contributed by atoms with E-state index in [0.717, 1.165) is 17.3 Å². The average Bonchev–Trinajstić information content (AvgIpc) is 2.94. The van der Waals surface area contributed by atoms with E-state index >= 15 is 0 Å². The van der Waals surface area contributed by atoms with Gasteiger partial charge in [-0.3, -0.25) is 4.79 Å². The van der Waals surface area contributed by atoms with Gasteiger partial charge in [0.1, 0.15) is 11.6 Å². The van der Waals surface area contributed by atoms with E-state index in [4.69, 9.17) is 4.74 Å². The quantitative estimate of drug-likeness (QED) is 0.715. The molecule has 0 unspecified atom stereocenters. The Hall–Kier alpha value is -2.34. The molecule has 1 amide bonds. The van der Waals surface area contributed by atoms with Gasteiger partial charge < -0.3 is 20.4 Å². The second-order valence-electron chi connectivity index (χ2n) is 4.14. The maximum Gasteiger partial charge on any atom is 0.238 e. The number of ether oxygens (including phenoxy) is 1. The number of rotatable bonds is 7. The van der Waals surface area contributed by atoms with Gasteiger partial charge in [-0.1, -0.05) is 0 Å². The number of H-pyrrole nitrogens is 1. The molecular weight excluding hydrogens is 256 g/mol. The van der Waals surface area contributed by atoms with Crippen molar-refractivity contribution in [1.29, 1.82) is 0 Å². The van der Waals surface area contributed by atoms with E-state index in [1.54, 1.807) is 12.4 Å². The van der Waals surface area contributed by atoms with E-state index in [0.29, 0.717) is 13.2 Å². The Balaban J connectivity index is 1.73. The summed E-state index contributed by atoms with van der Waals surface area (Å²) < 4.78 is 5.34. The van der Waals surface area contributed by atoms with E-state index in [2.05, 4.69) is 20.6 Å². The fraction of sp³-hybridized carbons (Fsp3) is 0.286. The molecule has 0 aliphatic carbocycles. The largest absolute Gasteiger partial charge is 0.494 e. The predicted molar refractivity (Wildman–Crippen MR) is 76.5 cm³/mol. The molecule has 0 aliphatic heterocycles. The highest BCUT2D eigenvalue weighted by atomic mass is 16.5. The molecule has 0 aliphatic rings. The molecule has 0 saturated carbocycles. The summed E-state index contributed by atoms with van der Waals surface area (Å²) >= 11 is 0. The van der Waals surface area contributed by atoms with Crippen LogP contribution in [0.15, 0.2) is 36.7 Å². The maximum atomic E-state index is 11.7. The summed E-state index contributed by atoms with van der Waals surface area (Å²) in [5, 5.41) is 5.81. The van der Waals surface area contributed by atoms with Crippen LogP contribution in [0, 0.1) is 0 Å². The SMILES string of the molecule is CCOc1ccc(NC(=O)CNCc2ncc[nH]2)cc1. The lowest BCUT2D eigenvalue weighted by Crippen LogP contribution is -2.28. The highest BCUT2D eigenvalue weighted by molar-refractivity contribution is 5.92. The van der Waals surface area contributed by atoms with Crippen LogP contribution in [0.5, 0.6) is 5.75 Å². The Kier molecular flexibility index (Phi) is 5.14. The minimum absolute atomic E-state index is 0.0966. The number of hydrogen-bond acceptors (Lipinski definition) is 4. The number of imidazole rings is 1. The number of amides is 1. The van der Waals surface area contributed by atoms with Crippen LogP contribution in [0.1, 0.15) is 12.7 Å². The van der Waals surface area contributed by atoms with Gasteiger partial charge in [-0.15, -0.1) is 0 Å². The highest BCUT2D eigenvalue weighted by Crippen LogP contribution is 2.15. The third kappa shape index (κ3) is 4.40. The molecule has 0 fully saturated rings. The van der Waals surface area contributed by atoms with Crippen LogP contribution < -0.4 is 15.4 Å². The predicted octanol–water partition coefficient (Wildman–Crippen LogP) is 1.54. The first-order valence-corrected chi connectivity index (χ1v) is 6.49. The molecule has 2 rings (SSSR count). The molecule has 20 heavy (non-hydrogen) atoms. The van der Waals surface area contributed by atoms with E-state index in [1.807, 2.05) is 31.2 Å². The van der Waals surface area contributed by atoms with Crippen molar-refractivity contribution in [2.75, 3.05) is 18.5 Å². The van der Waals surface area contributed by atoms with Crippen LogP contribution >= 0.6 is 0 Å². The fourth-order valence-electron chi connectivity index (χ4n) is 1.70. The van der Waals surface area contributed by atoms with Crippen molar-refractivity contribution in [2.45, 2.75) is 13.5 Å². The topological polar surface area (TPSA) is 79.0 Å². The minimum Gasteiger partial charge on any atom is -0.494 e. The molecule has 0 atom stereocenters. The second-order valence-corrected chi connectivity index (χ2v) is 4.14. The number of carbonyl (C=O) groups is 1. The van der Waals surface area contributed by atoms with Crippen molar-refractivity contribution in [3.63, 3.8) is 0 Å². The van der Waals surface area contributed by atoms with Crippen LogP contribution in [0.2, 0.25) is 0 Å². The van der Waals surface area contributed by atoms with Gasteiger partial charge in [0.15, 0.2) is 0 Å². The third-order valence-electron chi connectivity index (χ3n) is 2.58. The summed E-state index contributed by atoms with van der Waals surface area (Å²) in [7, 11) is 0. The number of hydrogen-bond donors (Lipinski definition) is 3. The number of nitrogens with one attached hydrogen (secondary N) is 3. The van der Waals surface area contributed by atoms with Gasteiger partial charge in [-0.05, 0) is 31.2 Å². The fourth-order valence-corrected chi connectivity index (χ4v) is 1.70. The first kappa shape index (κ1) is 14.1. The maximum absolute atomic E-state index is 11.7. The number of anilines is 1. The van der Waals surface area contributed by atoms with Gasteiger partial charge in [0, 0.05) is 18.1 Å². The van der Waals surface area contributed by atoms with Crippen molar-refractivity contribution in [1.82, 2.24) is 15.3 Å². The van der Waals surface area contributed by atoms with Gasteiger partial charge in [0.05, 0.1) is 19.7 Å². The number of carbonyl (C=O) groups excluding carboxylic acids is 1. The van der Waals surface area contributed by atoms with Crippen molar-refractivity contribution < 1.29 is 9.53 Å². The van der Waals surface area contributed by atoms with E-state index in [1.165, 1.54) is 0 Å². The van der Waals surface area contributed by atoms with E-state index in [-0.39, 0.29) is 12.5 Å². The van der Waals surface area contributed by atoms with Crippen molar-refractivity contribution in [3.8, 4) is 5.75 Å². The Bertz CT molecular complexity index is 523. The van der Waals surface area contributed by atoms with Gasteiger partial charge in [0.25, 0.3) is 0 Å². The van der Waals surface area contributed by atoms with Gasteiger partial charge in [-0.2, -0.15) is 0 Å². The Labute approximate surface area is 117 Å². The summed E-state index contributed by atoms with van der Waals surface area (Å²) in [5.41, 5.74) is 0.748. The lowest BCUT2D eigenvalue weighted by molar-refractivity contribution is -0.115. The van der Waals surface area contributed by atoms with Crippen LogP contribution in [-0.2, 0) is 11.3 Å². The van der Waals surface area contributed by atoms with Crippen LogP contribution in [0.25, 0.3) is 0 Å². The third-order valence-corrected chi connectivity index (χ3v) is 2.58. The molecule has 6 nitrogen and oxygen atoms in total. The van der Waals surface area contributed by atoms with Gasteiger partial charge in [0.2, 0.25) is 5.91 Å². The first-order chi connectivity index (χ1) is 9.78. The lowest BCUT2D eigenvalue weighted by Gasteiger charge is -2.07. The summed E-state index contributed by atoms with van der Waals surface area (Å²) in [6, 6.07) is 7.29. The molecule has 0 saturated heterocycles. The number of benzene rings is 1. The zero-order valence-corrected chi connectivity index (χ0v) is 11.3. The molecular formula is C14H18N4O2. The summed E-state index contributed by atoms with van der Waals surface area (Å²) in [6.07, 6.45) is 3.42. The van der Waals surface area contributed by atoms with Crippen molar-refractivity contribution in [3.05, 3.63) is 42.5 Å². The molecule has 106 valence electrons. The monoisotopic (exact) mass is 274 g/mol. The molecule has 0 radical (unpaired) electrons. The van der Waals surface area contributed by atoms with E-state index < -0.39 is 0 Å². The zero-order valence-electron chi connectivity index (χ0n) is 11.3. The molecule has 2 aromatic rings. The van der Waals surface area contributed by atoms with Gasteiger partial charge in [-0.25, -0.2) is 4.98 Å². The molecule has 0 bridgehead atoms. The molecule has 1 aromatic heterocycles. The summed E-state index contributed by atoms with van der Waals surface area (Å²) in [5.74, 6) is 1.50. The number of aromatic nitrogens is 2. The molecule has 1 aromatic carbocycles. The number of nitrogens with zero attached hydrogens (tertiary/aromatic N) is 1. The normalized spacial score (nSPS) is 10.2. The highest BCUT2D eigenvalue weighted by Gasteiger charge is 2.03. The van der Waals surface area contributed by atoms with Crippen LogP contribution in [0.4, 0.5) is 5.69 Å². The Morgan fingerprint density at radius 1 is 1.35 bits per heavy atom. The van der Waals surface area contributed by atoms with Crippen LogP contribution in [0.3, 0.4) is 0 Å². The zero-order chi connectivity index (χ0) is 14.2. The Morgan fingerprint density at radius 3 is 2.80 bits per heavy atom. The summed E-state index contributed by atoms with van der Waals surface area (Å²) in [4.78, 5) is 18.7. The standard InChI is InChI=1S/C14H18N4O2/c1-2-20-12-5-3-11(4-6-12)18-14(19)10-15-9-13-16-7-8-17-13/h3-8,15H,2,9-10H2,1H3,(H,16,17)(H,18,19).